The van der Waals surface area contributed by atoms with Crippen LogP contribution >= 0.6 is 0 Å². The molecular formula is C24H17NO. The van der Waals surface area contributed by atoms with Gasteiger partial charge in [-0.1, -0.05) is 36.4 Å². The molecular weight excluding hydrogens is 318 g/mol. The van der Waals surface area contributed by atoms with E-state index in [1.165, 1.54) is 37.9 Å². The number of hydrogen-bond acceptors (Lipinski definition) is 2. The highest BCUT2D eigenvalue weighted by atomic mass is 16.5. The zero-order chi connectivity index (χ0) is 17.5. The molecule has 0 fully saturated rings. The molecule has 2 nitrogen and oxygen atoms in total. The summed E-state index contributed by atoms with van der Waals surface area (Å²) in [6.07, 6.45) is 1.85. The summed E-state index contributed by atoms with van der Waals surface area (Å²) in [5.41, 5.74) is 2.00. The Labute approximate surface area is 151 Å². The van der Waals surface area contributed by atoms with Crippen molar-refractivity contribution < 1.29 is 4.74 Å². The molecule has 0 aliphatic carbocycles. The summed E-state index contributed by atoms with van der Waals surface area (Å²) in [4.78, 5) is 4.63. The molecule has 0 amide bonds. The molecule has 124 valence electrons. The monoisotopic (exact) mass is 335 g/mol. The van der Waals surface area contributed by atoms with Crippen molar-refractivity contribution in [2.75, 3.05) is 0 Å². The van der Waals surface area contributed by atoms with E-state index in [4.69, 9.17) is 4.74 Å². The molecule has 0 bridgehead atoms. The van der Waals surface area contributed by atoms with Crippen molar-refractivity contribution in [3.8, 4) is 11.5 Å². The Morgan fingerprint density at radius 2 is 1.58 bits per heavy atom. The van der Waals surface area contributed by atoms with Crippen LogP contribution in [0.25, 0.3) is 32.3 Å². The number of fused-ring (bicyclic) bond motifs is 3. The molecule has 6 rings (SSSR count). The molecule has 0 unspecified atom stereocenters. The van der Waals surface area contributed by atoms with E-state index in [-0.39, 0.29) is 5.41 Å². The molecule has 1 aromatic heterocycles. The Morgan fingerprint density at radius 3 is 2.42 bits per heavy atom. The molecule has 26 heavy (non-hydrogen) atoms. The third-order valence-corrected chi connectivity index (χ3v) is 5.85. The van der Waals surface area contributed by atoms with Crippen molar-refractivity contribution in [3.63, 3.8) is 0 Å². The fourth-order valence-corrected chi connectivity index (χ4v) is 4.54. The molecule has 0 saturated carbocycles. The molecule has 4 aromatic carbocycles. The van der Waals surface area contributed by atoms with Gasteiger partial charge >= 0.3 is 0 Å². The van der Waals surface area contributed by atoms with Crippen molar-refractivity contribution in [3.05, 3.63) is 78.1 Å². The third kappa shape index (κ3) is 1.60. The molecule has 0 atom stereocenters. The highest BCUT2D eigenvalue weighted by Crippen LogP contribution is 2.51. The largest absolute Gasteiger partial charge is 0.454 e. The van der Waals surface area contributed by atoms with Crippen molar-refractivity contribution in [2.45, 2.75) is 19.3 Å². The van der Waals surface area contributed by atoms with E-state index in [0.717, 1.165) is 17.2 Å². The second-order valence-electron chi connectivity index (χ2n) is 7.69. The minimum absolute atomic E-state index is 0.200. The summed E-state index contributed by atoms with van der Waals surface area (Å²) in [6.45, 7) is 4.47. The first-order chi connectivity index (χ1) is 12.6. The summed E-state index contributed by atoms with van der Waals surface area (Å²) in [6, 6.07) is 21.6. The summed E-state index contributed by atoms with van der Waals surface area (Å²) in [7, 11) is 0. The Balaban J connectivity index is 1.82. The number of ether oxygens (including phenoxy) is 1. The molecule has 1 aliphatic rings. The number of aromatic nitrogens is 1. The quantitative estimate of drug-likeness (QED) is 0.305. The van der Waals surface area contributed by atoms with Crippen LogP contribution in [-0.4, -0.2) is 4.98 Å². The number of hydrogen-bond donors (Lipinski definition) is 0. The standard InChI is InChI=1S/C24H17NO/c1-24(2)18-13-16-9-8-14-5-3-6-15-10-11-17(21(16)20(14)15)22(18)26-19-7-4-12-25-23(19)24/h3-13H,1-2H3. The van der Waals surface area contributed by atoms with Crippen molar-refractivity contribution in [1.29, 1.82) is 0 Å². The summed E-state index contributed by atoms with van der Waals surface area (Å²) in [5.74, 6) is 1.83. The van der Waals surface area contributed by atoms with Gasteiger partial charge < -0.3 is 4.74 Å². The average Bonchev–Trinajstić information content (AvgIpc) is 2.66. The topological polar surface area (TPSA) is 22.1 Å². The number of nitrogens with zero attached hydrogens (tertiary/aromatic N) is 1. The van der Waals surface area contributed by atoms with E-state index in [9.17, 15) is 0 Å². The van der Waals surface area contributed by atoms with Gasteiger partial charge in [0.15, 0.2) is 0 Å². The van der Waals surface area contributed by atoms with Gasteiger partial charge in [-0.25, -0.2) is 0 Å². The van der Waals surface area contributed by atoms with Crippen molar-refractivity contribution in [1.82, 2.24) is 4.98 Å². The van der Waals surface area contributed by atoms with Crippen molar-refractivity contribution >= 4 is 32.3 Å². The minimum atomic E-state index is -0.200. The number of rotatable bonds is 0. The van der Waals surface area contributed by atoms with Gasteiger partial charge in [-0.05, 0) is 59.7 Å². The zero-order valence-corrected chi connectivity index (χ0v) is 14.7. The Bertz CT molecular complexity index is 1320. The average molecular weight is 335 g/mol. The number of pyridine rings is 1. The van der Waals surface area contributed by atoms with Gasteiger partial charge in [-0.3, -0.25) is 4.98 Å². The van der Waals surface area contributed by atoms with Gasteiger partial charge in [0.1, 0.15) is 11.5 Å². The first kappa shape index (κ1) is 14.1. The lowest BCUT2D eigenvalue weighted by Gasteiger charge is -2.34. The van der Waals surface area contributed by atoms with Crippen LogP contribution in [0, 0.1) is 0 Å². The van der Waals surface area contributed by atoms with Crippen LogP contribution in [0.5, 0.6) is 11.5 Å². The smallest absolute Gasteiger partial charge is 0.149 e. The second kappa shape index (κ2) is 4.53. The molecule has 2 heteroatoms. The third-order valence-electron chi connectivity index (χ3n) is 5.85. The van der Waals surface area contributed by atoms with Crippen LogP contribution in [0.4, 0.5) is 0 Å². The maximum absolute atomic E-state index is 6.41. The van der Waals surface area contributed by atoms with E-state index in [0.29, 0.717) is 0 Å². The van der Waals surface area contributed by atoms with Crippen LogP contribution in [0.2, 0.25) is 0 Å². The van der Waals surface area contributed by atoms with Gasteiger partial charge in [0.2, 0.25) is 0 Å². The van der Waals surface area contributed by atoms with Gasteiger partial charge in [0.25, 0.3) is 0 Å². The lowest BCUT2D eigenvalue weighted by atomic mass is 9.76. The molecule has 0 saturated heterocycles. The van der Waals surface area contributed by atoms with Crippen LogP contribution in [0.15, 0.2) is 66.9 Å². The maximum Gasteiger partial charge on any atom is 0.149 e. The van der Waals surface area contributed by atoms with Gasteiger partial charge in [-0.2, -0.15) is 0 Å². The Hall–Kier alpha value is -3.13. The second-order valence-corrected chi connectivity index (χ2v) is 7.69. The normalized spacial score (nSPS) is 15.2. The predicted octanol–water partition coefficient (Wildman–Crippen LogP) is 6.41. The summed E-state index contributed by atoms with van der Waals surface area (Å²) in [5, 5.41) is 7.62. The molecule has 2 heterocycles. The van der Waals surface area contributed by atoms with Crippen LogP contribution < -0.4 is 4.74 Å². The maximum atomic E-state index is 6.41. The van der Waals surface area contributed by atoms with Crippen molar-refractivity contribution in [2.24, 2.45) is 0 Å². The van der Waals surface area contributed by atoms with Gasteiger partial charge in [0, 0.05) is 27.9 Å². The van der Waals surface area contributed by atoms with E-state index in [1.807, 2.05) is 18.3 Å². The Kier molecular flexibility index (Phi) is 2.45. The fraction of sp³-hybridized carbons (Fsp3) is 0.125. The summed E-state index contributed by atoms with van der Waals surface area (Å²) < 4.78 is 6.41. The Morgan fingerprint density at radius 1 is 0.808 bits per heavy atom. The predicted molar refractivity (Wildman–Crippen MR) is 107 cm³/mol. The molecule has 0 spiro atoms. The molecule has 0 N–H and O–H groups in total. The van der Waals surface area contributed by atoms with Gasteiger partial charge in [-0.15, -0.1) is 0 Å². The van der Waals surface area contributed by atoms with E-state index < -0.39 is 0 Å². The highest BCUT2D eigenvalue weighted by Gasteiger charge is 2.37. The first-order valence-corrected chi connectivity index (χ1v) is 8.99. The van der Waals surface area contributed by atoms with Gasteiger partial charge in [0.05, 0.1) is 5.69 Å². The molecule has 5 aromatic rings. The van der Waals surface area contributed by atoms with Crippen LogP contribution in [0.1, 0.15) is 25.1 Å². The highest BCUT2D eigenvalue weighted by molar-refractivity contribution is 6.24. The van der Waals surface area contributed by atoms with Crippen LogP contribution in [-0.2, 0) is 5.41 Å². The van der Waals surface area contributed by atoms with E-state index >= 15 is 0 Å². The molecule has 0 radical (unpaired) electrons. The van der Waals surface area contributed by atoms with E-state index in [2.05, 4.69) is 67.4 Å². The number of benzene rings is 4. The lowest BCUT2D eigenvalue weighted by molar-refractivity contribution is 0.414. The summed E-state index contributed by atoms with van der Waals surface area (Å²) >= 11 is 0. The lowest BCUT2D eigenvalue weighted by Crippen LogP contribution is -2.25. The SMILES string of the molecule is CC1(C)c2cc3ccc4cccc5ccc(c2Oc2cccnc21)c3c45. The fourth-order valence-electron chi connectivity index (χ4n) is 4.54. The van der Waals surface area contributed by atoms with Crippen LogP contribution in [0.3, 0.4) is 0 Å². The van der Waals surface area contributed by atoms with E-state index in [1.54, 1.807) is 0 Å². The molecule has 1 aliphatic heterocycles. The zero-order valence-electron chi connectivity index (χ0n) is 14.7. The minimum Gasteiger partial charge on any atom is -0.454 e. The first-order valence-electron chi connectivity index (χ1n) is 8.99.